The molecule has 1 saturated heterocycles. The minimum atomic E-state index is 0.249. The summed E-state index contributed by atoms with van der Waals surface area (Å²) in [7, 11) is 0. The van der Waals surface area contributed by atoms with E-state index < -0.39 is 0 Å². The summed E-state index contributed by atoms with van der Waals surface area (Å²) in [5.74, 6) is 1.02. The van der Waals surface area contributed by atoms with Crippen molar-refractivity contribution in [2.75, 3.05) is 6.54 Å². The smallest absolute Gasteiger partial charge is 0.222 e. The summed E-state index contributed by atoms with van der Waals surface area (Å²) in [6, 6.07) is 11.9. The fourth-order valence-electron chi connectivity index (χ4n) is 2.87. The lowest BCUT2D eigenvalue weighted by molar-refractivity contribution is -0.128. The van der Waals surface area contributed by atoms with Crippen molar-refractivity contribution in [3.8, 4) is 11.5 Å². The number of fused-ring (bicyclic) bond motifs is 1. The third kappa shape index (κ3) is 2.35. The van der Waals surface area contributed by atoms with Crippen LogP contribution in [0.4, 0.5) is 0 Å². The molecule has 1 aliphatic heterocycles. The molecule has 110 valence electrons. The largest absolute Gasteiger partial charge is 0.338 e. The predicted molar refractivity (Wildman–Crippen MR) is 84.0 cm³/mol. The van der Waals surface area contributed by atoms with Gasteiger partial charge < -0.3 is 9.88 Å². The maximum Gasteiger partial charge on any atom is 0.222 e. The van der Waals surface area contributed by atoms with Gasteiger partial charge in [0.25, 0.3) is 0 Å². The third-order valence-electron chi connectivity index (χ3n) is 4.00. The molecule has 1 N–H and O–H groups in total. The molecule has 0 atom stereocenters. The van der Waals surface area contributed by atoms with Gasteiger partial charge in [0.15, 0.2) is 5.82 Å². The molecule has 5 heteroatoms. The number of likely N-dealkylation sites (tertiary alicyclic amines) is 1. The molecule has 3 aromatic rings. The number of hydrogen-bond donors (Lipinski definition) is 1. The van der Waals surface area contributed by atoms with Crippen LogP contribution in [0, 0.1) is 0 Å². The first-order valence-electron chi connectivity index (χ1n) is 7.47. The van der Waals surface area contributed by atoms with Crippen molar-refractivity contribution < 1.29 is 4.79 Å². The van der Waals surface area contributed by atoms with Gasteiger partial charge >= 0.3 is 0 Å². The summed E-state index contributed by atoms with van der Waals surface area (Å²) in [5.41, 5.74) is 3.84. The second-order valence-corrected chi connectivity index (χ2v) is 5.57. The minimum absolute atomic E-state index is 0.249. The molecule has 0 saturated carbocycles. The highest BCUT2D eigenvalue weighted by molar-refractivity contribution is 5.80. The third-order valence-corrected chi connectivity index (χ3v) is 4.00. The van der Waals surface area contributed by atoms with Crippen molar-refractivity contribution in [3.63, 3.8) is 0 Å². The highest BCUT2D eigenvalue weighted by Crippen LogP contribution is 2.21. The van der Waals surface area contributed by atoms with E-state index in [2.05, 4.69) is 21.0 Å². The molecule has 0 spiro atoms. The molecule has 5 nitrogen and oxygen atoms in total. The number of hydrogen-bond acceptors (Lipinski definition) is 3. The van der Waals surface area contributed by atoms with Gasteiger partial charge in [-0.25, -0.2) is 4.98 Å². The topological polar surface area (TPSA) is 61.9 Å². The number of nitrogens with zero attached hydrogens (tertiary/aromatic N) is 3. The average Bonchev–Trinajstić information content (AvgIpc) is 3.14. The highest BCUT2D eigenvalue weighted by atomic mass is 16.2. The summed E-state index contributed by atoms with van der Waals surface area (Å²) >= 11 is 0. The fourth-order valence-corrected chi connectivity index (χ4v) is 2.87. The number of H-pyrrole nitrogens is 1. The summed E-state index contributed by atoms with van der Waals surface area (Å²) in [5, 5.41) is 0. The molecule has 0 aliphatic carbocycles. The van der Waals surface area contributed by atoms with Gasteiger partial charge in [0.05, 0.1) is 11.0 Å². The molecule has 0 bridgehead atoms. The Morgan fingerprint density at radius 3 is 2.95 bits per heavy atom. The van der Waals surface area contributed by atoms with Crippen LogP contribution in [-0.2, 0) is 11.3 Å². The lowest BCUT2D eigenvalue weighted by Crippen LogP contribution is -2.23. The van der Waals surface area contributed by atoms with Crippen LogP contribution in [0.15, 0.2) is 42.6 Å². The van der Waals surface area contributed by atoms with E-state index in [0.717, 1.165) is 41.1 Å². The molecule has 1 fully saturated rings. The zero-order valence-electron chi connectivity index (χ0n) is 12.1. The van der Waals surface area contributed by atoms with E-state index in [-0.39, 0.29) is 5.91 Å². The van der Waals surface area contributed by atoms with Gasteiger partial charge in [-0.05, 0) is 36.2 Å². The molecule has 0 radical (unpaired) electrons. The maximum atomic E-state index is 11.7. The number of benzene rings is 1. The number of aromatic amines is 1. The second kappa shape index (κ2) is 5.26. The number of amides is 1. The SMILES string of the molecule is O=C1CCCN1Cc1ccc2nc(-c3ccccn3)[nH]c2c1. The molecule has 1 amide bonds. The average molecular weight is 292 g/mol. The Labute approximate surface area is 128 Å². The van der Waals surface area contributed by atoms with Gasteiger partial charge in [0.2, 0.25) is 5.91 Å². The number of carbonyl (C=O) groups is 1. The Balaban J connectivity index is 1.65. The monoisotopic (exact) mass is 292 g/mol. The Bertz CT molecular complexity index is 825. The lowest BCUT2D eigenvalue weighted by Gasteiger charge is -2.15. The molecule has 1 aromatic carbocycles. The number of nitrogens with one attached hydrogen (secondary N) is 1. The van der Waals surface area contributed by atoms with Crippen LogP contribution in [0.1, 0.15) is 18.4 Å². The number of carbonyl (C=O) groups excluding carboxylic acids is 1. The molecule has 0 unspecified atom stereocenters. The normalized spacial score (nSPS) is 14.9. The van der Waals surface area contributed by atoms with E-state index in [9.17, 15) is 4.79 Å². The quantitative estimate of drug-likeness (QED) is 0.807. The summed E-state index contributed by atoms with van der Waals surface area (Å²) < 4.78 is 0. The van der Waals surface area contributed by atoms with Crippen molar-refractivity contribution in [1.29, 1.82) is 0 Å². The van der Waals surface area contributed by atoms with E-state index in [1.54, 1.807) is 6.20 Å². The number of pyridine rings is 1. The number of aromatic nitrogens is 3. The lowest BCUT2D eigenvalue weighted by atomic mass is 10.2. The van der Waals surface area contributed by atoms with Crippen LogP contribution in [0.3, 0.4) is 0 Å². The van der Waals surface area contributed by atoms with Crippen molar-refractivity contribution in [2.24, 2.45) is 0 Å². The zero-order valence-corrected chi connectivity index (χ0v) is 12.1. The van der Waals surface area contributed by atoms with Crippen molar-refractivity contribution >= 4 is 16.9 Å². The Hall–Kier alpha value is -2.69. The zero-order chi connectivity index (χ0) is 14.9. The van der Waals surface area contributed by atoms with Crippen molar-refractivity contribution in [1.82, 2.24) is 19.9 Å². The van der Waals surface area contributed by atoms with E-state index >= 15 is 0 Å². The molecule has 1 aliphatic rings. The van der Waals surface area contributed by atoms with Crippen molar-refractivity contribution in [2.45, 2.75) is 19.4 Å². The van der Waals surface area contributed by atoms with Gasteiger partial charge in [-0.1, -0.05) is 12.1 Å². The molecule has 2 aromatic heterocycles. The fraction of sp³-hybridized carbons (Fsp3) is 0.235. The molecule has 3 heterocycles. The molecular formula is C17H16N4O. The molecular weight excluding hydrogens is 276 g/mol. The first-order valence-corrected chi connectivity index (χ1v) is 7.47. The van der Waals surface area contributed by atoms with E-state index in [4.69, 9.17) is 0 Å². The summed E-state index contributed by atoms with van der Waals surface area (Å²) in [4.78, 5) is 25.8. The second-order valence-electron chi connectivity index (χ2n) is 5.57. The van der Waals surface area contributed by atoms with Gasteiger partial charge in [-0.3, -0.25) is 9.78 Å². The highest BCUT2D eigenvalue weighted by Gasteiger charge is 2.20. The Morgan fingerprint density at radius 1 is 1.23 bits per heavy atom. The maximum absolute atomic E-state index is 11.7. The van der Waals surface area contributed by atoms with E-state index in [1.165, 1.54) is 0 Å². The molecule has 4 rings (SSSR count). The Morgan fingerprint density at radius 2 is 2.18 bits per heavy atom. The van der Waals surface area contributed by atoms with Crippen molar-refractivity contribution in [3.05, 3.63) is 48.2 Å². The first kappa shape index (κ1) is 13.0. The van der Waals surface area contributed by atoms with Gasteiger partial charge in [0.1, 0.15) is 5.69 Å². The van der Waals surface area contributed by atoms with Gasteiger partial charge in [-0.2, -0.15) is 0 Å². The van der Waals surface area contributed by atoms with E-state index in [0.29, 0.717) is 13.0 Å². The minimum Gasteiger partial charge on any atom is -0.338 e. The first-order chi connectivity index (χ1) is 10.8. The predicted octanol–water partition coefficient (Wildman–Crippen LogP) is 2.75. The van der Waals surface area contributed by atoms with Crippen LogP contribution < -0.4 is 0 Å². The van der Waals surface area contributed by atoms with Crippen LogP contribution in [0.2, 0.25) is 0 Å². The molecule has 22 heavy (non-hydrogen) atoms. The number of imidazole rings is 1. The van der Waals surface area contributed by atoms with E-state index in [1.807, 2.05) is 35.2 Å². The standard InChI is InChI=1S/C17H16N4O/c22-16-5-3-9-21(16)11-12-6-7-13-15(10-12)20-17(19-13)14-4-1-2-8-18-14/h1-2,4,6-8,10H,3,5,9,11H2,(H,19,20). The number of rotatable bonds is 3. The summed E-state index contributed by atoms with van der Waals surface area (Å²) in [6.07, 6.45) is 3.40. The van der Waals surface area contributed by atoms with Crippen LogP contribution >= 0.6 is 0 Å². The van der Waals surface area contributed by atoms with Gasteiger partial charge in [0, 0.05) is 25.7 Å². The Kier molecular flexibility index (Phi) is 3.11. The van der Waals surface area contributed by atoms with Crippen LogP contribution in [0.25, 0.3) is 22.6 Å². The van der Waals surface area contributed by atoms with Crippen LogP contribution in [0.5, 0.6) is 0 Å². The van der Waals surface area contributed by atoms with Crippen LogP contribution in [-0.4, -0.2) is 32.3 Å². The van der Waals surface area contributed by atoms with Gasteiger partial charge in [-0.15, -0.1) is 0 Å². The summed E-state index contributed by atoms with van der Waals surface area (Å²) in [6.45, 7) is 1.53.